The number of rotatable bonds is 7. The fraction of sp³-hybridized carbons (Fsp3) is 0.222. The van der Waals surface area contributed by atoms with E-state index >= 15 is 0 Å². The van der Waals surface area contributed by atoms with Crippen LogP contribution in [0.4, 0.5) is 0 Å². The summed E-state index contributed by atoms with van der Waals surface area (Å²) in [5, 5.41) is 10.3. The minimum atomic E-state index is -0.557. The summed E-state index contributed by atoms with van der Waals surface area (Å²) >= 11 is 0. The Morgan fingerprint density at radius 1 is 1.15 bits per heavy atom. The number of H-pyrrole nitrogens is 1. The number of furan rings is 1. The Bertz CT molecular complexity index is 946. The second-order valence-corrected chi connectivity index (χ2v) is 5.32. The van der Waals surface area contributed by atoms with Crippen LogP contribution in [0, 0.1) is 0 Å². The molecule has 0 aliphatic rings. The average molecular weight is 371 g/mol. The third-order valence-electron chi connectivity index (χ3n) is 3.55. The van der Waals surface area contributed by atoms with Gasteiger partial charge in [0.2, 0.25) is 5.76 Å². The molecule has 2 aromatic heterocycles. The molecule has 3 aromatic rings. The molecule has 27 heavy (non-hydrogen) atoms. The van der Waals surface area contributed by atoms with Crippen LogP contribution in [0.3, 0.4) is 0 Å². The maximum atomic E-state index is 12.0. The van der Waals surface area contributed by atoms with Gasteiger partial charge in [-0.15, -0.1) is 5.10 Å². The highest BCUT2D eigenvalue weighted by atomic mass is 16.5. The number of aromatic amines is 1. The monoisotopic (exact) mass is 371 g/mol. The third-order valence-corrected chi connectivity index (χ3v) is 3.55. The predicted molar refractivity (Wildman–Crippen MR) is 92.2 cm³/mol. The van der Waals surface area contributed by atoms with E-state index in [1.807, 2.05) is 0 Å². The minimum absolute atomic E-state index is 0.0998. The van der Waals surface area contributed by atoms with E-state index in [4.69, 9.17) is 13.9 Å². The number of nitrogens with zero attached hydrogens (tertiary/aromatic N) is 2. The summed E-state index contributed by atoms with van der Waals surface area (Å²) in [5.74, 6) is -0.0124. The summed E-state index contributed by atoms with van der Waals surface area (Å²) in [6.45, 7) is 2.07. The summed E-state index contributed by atoms with van der Waals surface area (Å²) in [6, 6.07) is 10.1. The predicted octanol–water partition coefficient (Wildman–Crippen LogP) is 2.61. The van der Waals surface area contributed by atoms with E-state index in [1.165, 1.54) is 13.2 Å². The number of carbonyl (C=O) groups excluding carboxylic acids is 2. The summed E-state index contributed by atoms with van der Waals surface area (Å²) in [6.07, 6.45) is 0. The number of nitrogens with one attached hydrogen (secondary N) is 1. The van der Waals surface area contributed by atoms with E-state index in [0.29, 0.717) is 22.8 Å². The lowest BCUT2D eigenvalue weighted by Gasteiger charge is -2.06. The van der Waals surface area contributed by atoms with Gasteiger partial charge in [0.05, 0.1) is 13.7 Å². The Morgan fingerprint density at radius 2 is 2.00 bits per heavy atom. The molecule has 0 amide bonds. The van der Waals surface area contributed by atoms with Crippen molar-refractivity contribution in [3.63, 3.8) is 0 Å². The van der Waals surface area contributed by atoms with Crippen molar-refractivity contribution in [3.05, 3.63) is 53.6 Å². The molecule has 0 spiro atoms. The number of hydrogen-bond acceptors (Lipinski definition) is 8. The topological polar surface area (TPSA) is 117 Å². The van der Waals surface area contributed by atoms with E-state index in [-0.39, 0.29) is 24.7 Å². The molecule has 3 rings (SSSR count). The highest BCUT2D eigenvalue weighted by Crippen LogP contribution is 2.25. The molecule has 0 aliphatic heterocycles. The van der Waals surface area contributed by atoms with Crippen molar-refractivity contribution >= 4 is 11.9 Å². The Labute approximate surface area is 154 Å². The lowest BCUT2D eigenvalue weighted by Crippen LogP contribution is -2.06. The molecule has 1 N–H and O–H groups in total. The van der Waals surface area contributed by atoms with Crippen LogP contribution in [-0.2, 0) is 16.1 Å². The van der Waals surface area contributed by atoms with Crippen LogP contribution in [0.5, 0.6) is 5.75 Å². The zero-order valence-corrected chi connectivity index (χ0v) is 14.7. The molecular weight excluding hydrogens is 354 g/mol. The van der Waals surface area contributed by atoms with Gasteiger partial charge < -0.3 is 18.6 Å². The van der Waals surface area contributed by atoms with Crippen molar-refractivity contribution in [1.82, 2.24) is 15.4 Å². The fourth-order valence-corrected chi connectivity index (χ4v) is 2.33. The number of carbonyl (C=O) groups is 2. The molecule has 0 radical (unpaired) electrons. The molecule has 0 aliphatic carbocycles. The molecular formula is C18H17N3O6. The molecule has 0 unspecified atom stereocenters. The van der Waals surface area contributed by atoms with E-state index < -0.39 is 11.9 Å². The zero-order valence-electron chi connectivity index (χ0n) is 14.7. The van der Waals surface area contributed by atoms with Crippen molar-refractivity contribution in [2.24, 2.45) is 0 Å². The highest BCUT2D eigenvalue weighted by molar-refractivity contribution is 5.94. The van der Waals surface area contributed by atoms with Crippen LogP contribution >= 0.6 is 0 Å². The van der Waals surface area contributed by atoms with E-state index in [1.54, 1.807) is 37.3 Å². The van der Waals surface area contributed by atoms with Crippen molar-refractivity contribution in [2.75, 3.05) is 13.7 Å². The largest absolute Gasteiger partial charge is 0.486 e. The lowest BCUT2D eigenvalue weighted by atomic mass is 10.1. The molecule has 0 saturated heterocycles. The summed E-state index contributed by atoms with van der Waals surface area (Å²) in [7, 11) is 1.28. The normalized spacial score (nSPS) is 10.4. The van der Waals surface area contributed by atoms with Gasteiger partial charge in [-0.1, -0.05) is 12.1 Å². The van der Waals surface area contributed by atoms with Crippen LogP contribution in [-0.4, -0.2) is 41.1 Å². The number of esters is 2. The van der Waals surface area contributed by atoms with E-state index in [9.17, 15) is 9.59 Å². The number of ether oxygens (including phenoxy) is 3. The van der Waals surface area contributed by atoms with Gasteiger partial charge in [0, 0.05) is 5.56 Å². The fourth-order valence-electron chi connectivity index (χ4n) is 2.33. The quantitative estimate of drug-likeness (QED) is 0.630. The van der Waals surface area contributed by atoms with Crippen molar-refractivity contribution in [1.29, 1.82) is 0 Å². The summed E-state index contributed by atoms with van der Waals surface area (Å²) in [5.41, 5.74) is 1.10. The molecule has 0 fully saturated rings. The lowest BCUT2D eigenvalue weighted by molar-refractivity contribution is 0.0518. The van der Waals surface area contributed by atoms with Crippen molar-refractivity contribution < 1.29 is 28.2 Å². The molecule has 1 aromatic carbocycles. The first-order valence-corrected chi connectivity index (χ1v) is 8.10. The van der Waals surface area contributed by atoms with Crippen LogP contribution < -0.4 is 4.74 Å². The molecule has 9 heteroatoms. The van der Waals surface area contributed by atoms with Gasteiger partial charge in [0.25, 0.3) is 0 Å². The highest BCUT2D eigenvalue weighted by Gasteiger charge is 2.19. The van der Waals surface area contributed by atoms with E-state index in [2.05, 4.69) is 20.1 Å². The molecule has 2 heterocycles. The first-order valence-electron chi connectivity index (χ1n) is 8.10. The molecule has 0 bridgehead atoms. The van der Waals surface area contributed by atoms with Crippen LogP contribution in [0.25, 0.3) is 11.3 Å². The van der Waals surface area contributed by atoms with Crippen LogP contribution in [0.1, 0.15) is 33.7 Å². The molecule has 0 saturated carbocycles. The minimum Gasteiger partial charge on any atom is -0.486 e. The maximum Gasteiger partial charge on any atom is 0.373 e. The number of aromatic nitrogens is 3. The summed E-state index contributed by atoms with van der Waals surface area (Å²) in [4.78, 5) is 23.4. The molecule has 140 valence electrons. The van der Waals surface area contributed by atoms with Gasteiger partial charge in [0.15, 0.2) is 5.69 Å². The standard InChI is InChI=1S/C18H17N3O6/c1-3-25-18(23)16-15(19-21-20-16)11-5-4-6-12(9-11)26-10-13-7-8-14(27-13)17(22)24-2/h4-9H,3,10H2,1-2H3,(H,19,20,21). The number of hydrogen-bond donors (Lipinski definition) is 1. The average Bonchev–Trinajstić information content (AvgIpc) is 3.36. The maximum absolute atomic E-state index is 12.0. The first kappa shape index (κ1) is 18.2. The van der Waals surface area contributed by atoms with Crippen LogP contribution in [0.2, 0.25) is 0 Å². The van der Waals surface area contributed by atoms with Gasteiger partial charge in [0.1, 0.15) is 23.8 Å². The van der Waals surface area contributed by atoms with Gasteiger partial charge in [-0.05, 0) is 31.2 Å². The number of methoxy groups -OCH3 is 1. The van der Waals surface area contributed by atoms with Gasteiger partial charge in [-0.2, -0.15) is 10.3 Å². The van der Waals surface area contributed by atoms with Crippen molar-refractivity contribution in [2.45, 2.75) is 13.5 Å². The zero-order chi connectivity index (χ0) is 19.2. The first-order chi connectivity index (χ1) is 13.1. The third kappa shape index (κ3) is 4.14. The Kier molecular flexibility index (Phi) is 5.50. The number of benzene rings is 1. The second kappa shape index (κ2) is 8.17. The van der Waals surface area contributed by atoms with Gasteiger partial charge in [-0.3, -0.25) is 0 Å². The molecule has 9 nitrogen and oxygen atoms in total. The van der Waals surface area contributed by atoms with Gasteiger partial charge in [-0.25, -0.2) is 9.59 Å². The second-order valence-electron chi connectivity index (χ2n) is 5.32. The Morgan fingerprint density at radius 3 is 2.78 bits per heavy atom. The Balaban J connectivity index is 1.73. The van der Waals surface area contributed by atoms with E-state index in [0.717, 1.165) is 0 Å². The SMILES string of the molecule is CCOC(=O)c1n[nH]nc1-c1cccc(OCc2ccc(C(=O)OC)o2)c1. The summed E-state index contributed by atoms with van der Waals surface area (Å²) < 4.78 is 20.6. The Hall–Kier alpha value is -3.62. The molecule has 0 atom stereocenters. The smallest absolute Gasteiger partial charge is 0.373 e. The van der Waals surface area contributed by atoms with Gasteiger partial charge >= 0.3 is 11.9 Å². The van der Waals surface area contributed by atoms with Crippen LogP contribution in [0.15, 0.2) is 40.8 Å². The van der Waals surface area contributed by atoms with Crippen molar-refractivity contribution in [3.8, 4) is 17.0 Å².